The van der Waals surface area contributed by atoms with Gasteiger partial charge in [0.2, 0.25) is 0 Å². The highest BCUT2D eigenvalue weighted by atomic mass is 19.1. The van der Waals surface area contributed by atoms with E-state index in [9.17, 15) is 14.0 Å². The summed E-state index contributed by atoms with van der Waals surface area (Å²) < 4.78 is 24.6. The van der Waals surface area contributed by atoms with Gasteiger partial charge in [-0.25, -0.2) is 14.0 Å². The van der Waals surface area contributed by atoms with Gasteiger partial charge < -0.3 is 9.47 Å². The van der Waals surface area contributed by atoms with Crippen LogP contribution in [0.4, 0.5) is 4.39 Å². The summed E-state index contributed by atoms with van der Waals surface area (Å²) in [5, 5.41) is 0. The number of carbonyl (C=O) groups excluding carboxylic acids is 2. The zero-order chi connectivity index (χ0) is 21.4. The number of carbonyl (C=O) groups is 2. The largest absolute Gasteiger partial charge is 0.462 e. The van der Waals surface area contributed by atoms with Crippen LogP contribution < -0.4 is 0 Å². The lowest BCUT2D eigenvalue weighted by Crippen LogP contribution is -2.08. The molecule has 0 N–H and O–H groups in total. The number of hydrogen-bond acceptors (Lipinski definition) is 4. The van der Waals surface area contributed by atoms with Crippen LogP contribution >= 0.6 is 0 Å². The summed E-state index contributed by atoms with van der Waals surface area (Å²) >= 11 is 0. The van der Waals surface area contributed by atoms with Crippen molar-refractivity contribution >= 4 is 11.9 Å². The summed E-state index contributed by atoms with van der Waals surface area (Å²) in [5.74, 6) is -1.19. The minimum atomic E-state index is -0.448. The van der Waals surface area contributed by atoms with Gasteiger partial charge in [0.15, 0.2) is 0 Å². The maximum Gasteiger partial charge on any atom is 0.333 e. The smallest absolute Gasteiger partial charge is 0.333 e. The first-order valence-corrected chi connectivity index (χ1v) is 9.31. The standard InChI is InChI=1S/C24H25FO4/c1-16(2)23(26)28-13-11-18-5-8-20(9-6-18)21-10-7-19(15-22(21)25)12-14-29-24(27)17(3)4/h5-10,15H,1,3,11-14H2,2,4H3. The van der Waals surface area contributed by atoms with E-state index in [1.807, 2.05) is 30.3 Å². The van der Waals surface area contributed by atoms with Crippen LogP contribution in [-0.4, -0.2) is 25.2 Å². The van der Waals surface area contributed by atoms with Crippen molar-refractivity contribution in [3.8, 4) is 11.1 Å². The summed E-state index contributed by atoms with van der Waals surface area (Å²) in [6.07, 6.45) is 1.00. The molecule has 152 valence electrons. The van der Waals surface area contributed by atoms with Crippen molar-refractivity contribution in [2.75, 3.05) is 13.2 Å². The molecule has 0 fully saturated rings. The average molecular weight is 396 g/mol. The second-order valence-electron chi connectivity index (χ2n) is 6.84. The fourth-order valence-electron chi connectivity index (χ4n) is 2.57. The molecule has 0 saturated heterocycles. The van der Waals surface area contributed by atoms with Crippen molar-refractivity contribution in [1.82, 2.24) is 0 Å². The molecule has 0 unspecified atom stereocenters. The summed E-state index contributed by atoms with van der Waals surface area (Å²) in [4.78, 5) is 22.7. The zero-order valence-corrected chi connectivity index (χ0v) is 16.8. The van der Waals surface area contributed by atoms with Crippen LogP contribution in [0.2, 0.25) is 0 Å². The number of benzene rings is 2. The minimum Gasteiger partial charge on any atom is -0.462 e. The molecule has 2 rings (SSSR count). The molecule has 0 saturated carbocycles. The Balaban J connectivity index is 1.94. The molecule has 2 aromatic rings. The number of ether oxygens (including phenoxy) is 2. The molecule has 0 aliphatic rings. The Labute approximate surface area is 170 Å². The summed E-state index contributed by atoms with van der Waals surface area (Å²) in [5.41, 5.74) is 3.69. The van der Waals surface area contributed by atoms with Gasteiger partial charge in [-0.05, 0) is 36.6 Å². The lowest BCUT2D eigenvalue weighted by atomic mass is 10.0. The molecular weight excluding hydrogens is 371 g/mol. The van der Waals surface area contributed by atoms with E-state index in [2.05, 4.69) is 13.2 Å². The van der Waals surface area contributed by atoms with E-state index in [-0.39, 0.29) is 19.0 Å². The lowest BCUT2D eigenvalue weighted by molar-refractivity contribution is -0.139. The second kappa shape index (κ2) is 10.4. The van der Waals surface area contributed by atoms with Gasteiger partial charge in [-0.1, -0.05) is 49.6 Å². The van der Waals surface area contributed by atoms with Crippen molar-refractivity contribution in [2.45, 2.75) is 26.7 Å². The Morgan fingerprint density at radius 3 is 1.79 bits per heavy atom. The van der Waals surface area contributed by atoms with Crippen LogP contribution in [0.5, 0.6) is 0 Å². The van der Waals surface area contributed by atoms with Crippen molar-refractivity contribution in [1.29, 1.82) is 0 Å². The van der Waals surface area contributed by atoms with Crippen LogP contribution in [0, 0.1) is 5.82 Å². The molecule has 0 bridgehead atoms. The number of esters is 2. The van der Waals surface area contributed by atoms with Crippen molar-refractivity contribution in [3.05, 3.63) is 83.7 Å². The van der Waals surface area contributed by atoms with Crippen LogP contribution in [0.25, 0.3) is 11.1 Å². The van der Waals surface area contributed by atoms with Gasteiger partial charge in [0, 0.05) is 29.6 Å². The summed E-state index contributed by atoms with van der Waals surface area (Å²) in [7, 11) is 0. The molecule has 0 atom stereocenters. The predicted molar refractivity (Wildman–Crippen MR) is 111 cm³/mol. The molecule has 4 nitrogen and oxygen atoms in total. The van der Waals surface area contributed by atoms with E-state index in [1.165, 1.54) is 6.07 Å². The fourth-order valence-corrected chi connectivity index (χ4v) is 2.57. The highest BCUT2D eigenvalue weighted by molar-refractivity contribution is 5.87. The number of hydrogen-bond donors (Lipinski definition) is 0. The normalized spacial score (nSPS) is 10.3. The van der Waals surface area contributed by atoms with Gasteiger partial charge in [-0.2, -0.15) is 0 Å². The summed E-state index contributed by atoms with van der Waals surface area (Å²) in [6, 6.07) is 12.4. The van der Waals surface area contributed by atoms with Crippen molar-refractivity contribution in [2.24, 2.45) is 0 Å². The van der Waals surface area contributed by atoms with Crippen molar-refractivity contribution in [3.63, 3.8) is 0 Å². The first-order chi connectivity index (χ1) is 13.8. The molecule has 0 aliphatic heterocycles. The van der Waals surface area contributed by atoms with Gasteiger partial charge in [0.05, 0.1) is 13.2 Å². The molecule has 0 aliphatic carbocycles. The molecule has 2 aromatic carbocycles. The monoisotopic (exact) mass is 396 g/mol. The first kappa shape index (κ1) is 22.1. The zero-order valence-electron chi connectivity index (χ0n) is 16.8. The van der Waals surface area contributed by atoms with E-state index in [4.69, 9.17) is 9.47 Å². The molecule has 5 heteroatoms. The Morgan fingerprint density at radius 2 is 1.31 bits per heavy atom. The van der Waals surface area contributed by atoms with E-state index in [1.54, 1.807) is 19.9 Å². The molecular formula is C24H25FO4. The number of rotatable bonds is 9. The van der Waals surface area contributed by atoms with Gasteiger partial charge in [-0.15, -0.1) is 0 Å². The predicted octanol–water partition coefficient (Wildman–Crippen LogP) is 4.82. The quantitative estimate of drug-likeness (QED) is 0.451. The van der Waals surface area contributed by atoms with Crippen molar-refractivity contribution < 1.29 is 23.5 Å². The Morgan fingerprint density at radius 1 is 0.828 bits per heavy atom. The summed E-state index contributed by atoms with van der Waals surface area (Å²) in [6.45, 7) is 10.7. The first-order valence-electron chi connectivity index (χ1n) is 9.31. The van der Waals surface area contributed by atoms with Gasteiger partial charge in [0.1, 0.15) is 5.82 Å². The lowest BCUT2D eigenvalue weighted by Gasteiger charge is -2.09. The van der Waals surface area contributed by atoms with E-state index < -0.39 is 11.9 Å². The average Bonchev–Trinajstić information content (AvgIpc) is 2.68. The molecule has 0 radical (unpaired) electrons. The third-order valence-corrected chi connectivity index (χ3v) is 4.24. The van der Waals surface area contributed by atoms with E-state index >= 15 is 0 Å². The third-order valence-electron chi connectivity index (χ3n) is 4.24. The minimum absolute atomic E-state index is 0.176. The van der Waals surface area contributed by atoms with Crippen LogP contribution in [0.3, 0.4) is 0 Å². The maximum absolute atomic E-state index is 14.5. The Hall–Kier alpha value is -3.21. The van der Waals surface area contributed by atoms with Gasteiger partial charge >= 0.3 is 11.9 Å². The Bertz CT molecular complexity index is 913. The molecule has 0 amide bonds. The van der Waals surface area contributed by atoms with Gasteiger partial charge in [0.25, 0.3) is 0 Å². The molecule has 29 heavy (non-hydrogen) atoms. The van der Waals surface area contributed by atoms with Crippen LogP contribution in [0.15, 0.2) is 66.8 Å². The topological polar surface area (TPSA) is 52.6 Å². The fraction of sp³-hybridized carbons (Fsp3) is 0.250. The molecule has 0 aromatic heterocycles. The highest BCUT2D eigenvalue weighted by Gasteiger charge is 2.09. The third kappa shape index (κ3) is 6.71. The van der Waals surface area contributed by atoms with E-state index in [0.29, 0.717) is 29.6 Å². The van der Waals surface area contributed by atoms with E-state index in [0.717, 1.165) is 16.7 Å². The SMILES string of the molecule is C=C(C)C(=O)OCCc1ccc(-c2ccc(CCOC(=O)C(=C)C)cc2F)cc1. The molecule has 0 heterocycles. The highest BCUT2D eigenvalue weighted by Crippen LogP contribution is 2.24. The van der Waals surface area contributed by atoms with Gasteiger partial charge in [-0.3, -0.25) is 0 Å². The Kier molecular flexibility index (Phi) is 7.89. The maximum atomic E-state index is 14.5. The number of halogens is 1. The van der Waals surface area contributed by atoms with Crippen LogP contribution in [0.1, 0.15) is 25.0 Å². The second-order valence-corrected chi connectivity index (χ2v) is 6.84. The van der Waals surface area contributed by atoms with Crippen LogP contribution in [-0.2, 0) is 31.9 Å². The molecule has 0 spiro atoms.